The van der Waals surface area contributed by atoms with Gasteiger partial charge in [0.15, 0.2) is 17.3 Å². The van der Waals surface area contributed by atoms with Gasteiger partial charge in [0.25, 0.3) is 5.91 Å². The first-order valence-corrected chi connectivity index (χ1v) is 15.0. The summed E-state index contributed by atoms with van der Waals surface area (Å²) in [6.45, 7) is 5.45. The maximum absolute atomic E-state index is 13.5. The van der Waals surface area contributed by atoms with Crippen LogP contribution < -0.4 is 20.1 Å². The summed E-state index contributed by atoms with van der Waals surface area (Å²) >= 11 is 0. The van der Waals surface area contributed by atoms with E-state index in [1.807, 2.05) is 4.90 Å². The van der Waals surface area contributed by atoms with Gasteiger partial charge >= 0.3 is 6.36 Å². The number of nitrogens with one attached hydrogen (secondary N) is 2. The lowest BCUT2D eigenvalue weighted by Crippen LogP contribution is -2.51. The third kappa shape index (κ3) is 8.27. The Morgan fingerprint density at radius 3 is 2.56 bits per heavy atom. The Hall–Kier alpha value is -3.16. The van der Waals surface area contributed by atoms with Gasteiger partial charge in [-0.2, -0.15) is 0 Å². The van der Waals surface area contributed by atoms with Crippen LogP contribution in [0.1, 0.15) is 67.6 Å². The Kier molecular flexibility index (Phi) is 10.2. The number of aromatic nitrogens is 2. The molecule has 0 radical (unpaired) electrons. The van der Waals surface area contributed by atoms with Crippen molar-refractivity contribution in [2.45, 2.75) is 76.1 Å². The Bertz CT molecular complexity index is 1210. The SMILES string of the molecule is COc1c(NC[C@H]2CCC[C@@H](c3ccc(OC(F)(F)F)cc3)O2)ncnc1C(=O)N1CCC(N[C@@H]2CCOC[C@@H]2C)CC1. The topological polar surface area (TPSA) is 107 Å². The first-order valence-electron chi connectivity index (χ1n) is 15.0. The zero-order chi connectivity index (χ0) is 30.4. The quantitative estimate of drug-likeness (QED) is 0.419. The second kappa shape index (κ2) is 14.1. The van der Waals surface area contributed by atoms with Gasteiger partial charge in [-0.1, -0.05) is 19.1 Å². The molecule has 4 atom stereocenters. The van der Waals surface area contributed by atoms with Crippen LogP contribution in [0.3, 0.4) is 0 Å². The fourth-order valence-corrected chi connectivity index (χ4v) is 6.06. The molecule has 1 aromatic carbocycles. The summed E-state index contributed by atoms with van der Waals surface area (Å²) in [6, 6.07) is 6.59. The van der Waals surface area contributed by atoms with Crippen LogP contribution in [-0.4, -0.2) is 85.3 Å². The minimum Gasteiger partial charge on any atom is -0.491 e. The highest BCUT2D eigenvalue weighted by molar-refractivity contribution is 5.96. The zero-order valence-corrected chi connectivity index (χ0v) is 24.6. The lowest BCUT2D eigenvalue weighted by atomic mass is 9.95. The molecule has 0 unspecified atom stereocenters. The van der Waals surface area contributed by atoms with Crippen molar-refractivity contribution in [1.82, 2.24) is 20.2 Å². The van der Waals surface area contributed by atoms with Crippen LogP contribution in [0, 0.1) is 5.92 Å². The fraction of sp³-hybridized carbons (Fsp3) is 0.633. The van der Waals surface area contributed by atoms with E-state index in [2.05, 4.69) is 32.3 Å². The van der Waals surface area contributed by atoms with Gasteiger partial charge in [-0.25, -0.2) is 9.97 Å². The van der Waals surface area contributed by atoms with Gasteiger partial charge in [0, 0.05) is 38.3 Å². The molecule has 3 saturated heterocycles. The summed E-state index contributed by atoms with van der Waals surface area (Å²) in [4.78, 5) is 23.9. The molecule has 1 aromatic heterocycles. The van der Waals surface area contributed by atoms with Crippen molar-refractivity contribution in [2.75, 3.05) is 45.3 Å². The first-order chi connectivity index (χ1) is 20.7. The number of amides is 1. The minimum absolute atomic E-state index is 0.173. The van der Waals surface area contributed by atoms with E-state index in [1.54, 1.807) is 12.1 Å². The lowest BCUT2D eigenvalue weighted by molar-refractivity contribution is -0.274. The van der Waals surface area contributed by atoms with Crippen molar-refractivity contribution in [3.05, 3.63) is 41.9 Å². The van der Waals surface area contributed by atoms with E-state index >= 15 is 0 Å². The van der Waals surface area contributed by atoms with Crippen LogP contribution in [0.4, 0.5) is 19.0 Å². The summed E-state index contributed by atoms with van der Waals surface area (Å²) in [5, 5.41) is 7.03. The molecule has 13 heteroatoms. The number of methoxy groups -OCH3 is 1. The van der Waals surface area contributed by atoms with Crippen molar-refractivity contribution in [3.8, 4) is 11.5 Å². The molecule has 43 heavy (non-hydrogen) atoms. The summed E-state index contributed by atoms with van der Waals surface area (Å²) < 4.78 is 58.9. The number of ether oxygens (including phenoxy) is 4. The van der Waals surface area contributed by atoms with E-state index in [0.29, 0.717) is 43.5 Å². The van der Waals surface area contributed by atoms with Crippen molar-refractivity contribution < 1.29 is 36.9 Å². The number of rotatable bonds is 9. The van der Waals surface area contributed by atoms with Crippen molar-refractivity contribution in [1.29, 1.82) is 0 Å². The Labute approximate surface area is 249 Å². The molecule has 1 amide bonds. The number of carbonyl (C=O) groups is 1. The molecule has 0 bridgehead atoms. The Morgan fingerprint density at radius 2 is 1.86 bits per heavy atom. The predicted molar refractivity (Wildman–Crippen MR) is 152 cm³/mol. The van der Waals surface area contributed by atoms with Crippen molar-refractivity contribution >= 4 is 11.7 Å². The zero-order valence-electron chi connectivity index (χ0n) is 24.6. The smallest absolute Gasteiger partial charge is 0.491 e. The monoisotopic (exact) mass is 607 g/mol. The lowest BCUT2D eigenvalue weighted by Gasteiger charge is -2.37. The van der Waals surface area contributed by atoms with Gasteiger partial charge < -0.3 is 34.5 Å². The molecule has 10 nitrogen and oxygen atoms in total. The highest BCUT2D eigenvalue weighted by Crippen LogP contribution is 2.34. The molecule has 0 saturated carbocycles. The van der Waals surface area contributed by atoms with Gasteiger partial charge in [-0.05, 0) is 62.1 Å². The summed E-state index contributed by atoms with van der Waals surface area (Å²) in [6.07, 6.45) is 1.39. The largest absolute Gasteiger partial charge is 0.573 e. The number of anilines is 1. The second-order valence-electron chi connectivity index (χ2n) is 11.5. The molecule has 0 spiro atoms. The summed E-state index contributed by atoms with van der Waals surface area (Å²) in [5.41, 5.74) is 1.00. The van der Waals surface area contributed by atoms with Crippen LogP contribution in [0.25, 0.3) is 0 Å². The number of piperidine rings is 1. The van der Waals surface area contributed by atoms with E-state index in [9.17, 15) is 18.0 Å². The molecule has 2 N–H and O–H groups in total. The number of hydrogen-bond acceptors (Lipinski definition) is 9. The molecule has 4 heterocycles. The van der Waals surface area contributed by atoms with Crippen LogP contribution >= 0.6 is 0 Å². The standard InChI is InChI=1S/C30H40F3N5O5/c1-19-17-41-15-12-24(19)37-21-10-13-38(14-11-21)29(39)26-27(40-2)28(36-18-35-26)34-16-23-4-3-5-25(42-23)20-6-8-22(9-7-20)43-30(31,32)33/h6-9,18-19,21,23-25,37H,3-5,10-17H2,1-2H3,(H,34,35,36)/t19-,23+,24+,25-/m0/s1. The molecular formula is C30H40F3N5O5. The average molecular weight is 608 g/mol. The van der Waals surface area contributed by atoms with Gasteiger partial charge in [0.05, 0.1) is 25.9 Å². The average Bonchev–Trinajstić information content (AvgIpc) is 3.00. The normalized spacial score (nSPS) is 25.3. The molecule has 2 aromatic rings. The van der Waals surface area contributed by atoms with Gasteiger partial charge in [-0.3, -0.25) is 4.79 Å². The summed E-state index contributed by atoms with van der Waals surface area (Å²) in [7, 11) is 1.49. The van der Waals surface area contributed by atoms with Gasteiger partial charge in [-0.15, -0.1) is 13.2 Å². The molecule has 5 rings (SSSR count). The van der Waals surface area contributed by atoms with Gasteiger partial charge in [0.1, 0.15) is 12.1 Å². The summed E-state index contributed by atoms with van der Waals surface area (Å²) in [5.74, 6) is 0.716. The predicted octanol–water partition coefficient (Wildman–Crippen LogP) is 4.73. The maximum Gasteiger partial charge on any atom is 0.573 e. The van der Waals surface area contributed by atoms with Crippen molar-refractivity contribution in [2.24, 2.45) is 5.92 Å². The Balaban J connectivity index is 1.15. The third-order valence-electron chi connectivity index (χ3n) is 8.42. The fourth-order valence-electron chi connectivity index (χ4n) is 6.06. The minimum atomic E-state index is -4.73. The molecule has 3 fully saturated rings. The molecule has 0 aliphatic carbocycles. The van der Waals surface area contributed by atoms with E-state index in [-0.39, 0.29) is 35.3 Å². The number of halogens is 3. The number of alkyl halides is 3. The Morgan fingerprint density at radius 1 is 1.09 bits per heavy atom. The van der Waals surface area contributed by atoms with E-state index in [4.69, 9.17) is 14.2 Å². The molecule has 236 valence electrons. The number of carbonyl (C=O) groups excluding carboxylic acids is 1. The third-order valence-corrected chi connectivity index (χ3v) is 8.42. The number of nitrogens with zero attached hydrogens (tertiary/aromatic N) is 3. The van der Waals surface area contributed by atoms with E-state index < -0.39 is 6.36 Å². The molecule has 3 aliphatic rings. The van der Waals surface area contributed by atoms with Crippen LogP contribution in [0.5, 0.6) is 11.5 Å². The highest BCUT2D eigenvalue weighted by Gasteiger charge is 2.32. The second-order valence-corrected chi connectivity index (χ2v) is 11.5. The highest BCUT2D eigenvalue weighted by atomic mass is 19.4. The van der Waals surface area contributed by atoms with Crippen LogP contribution in [-0.2, 0) is 9.47 Å². The molecule has 3 aliphatic heterocycles. The van der Waals surface area contributed by atoms with Crippen LogP contribution in [0.2, 0.25) is 0 Å². The number of likely N-dealkylation sites (tertiary alicyclic amines) is 1. The molecular weight excluding hydrogens is 567 g/mol. The van der Waals surface area contributed by atoms with E-state index in [1.165, 1.54) is 25.6 Å². The van der Waals surface area contributed by atoms with Crippen molar-refractivity contribution in [3.63, 3.8) is 0 Å². The van der Waals surface area contributed by atoms with E-state index in [0.717, 1.165) is 57.3 Å². The number of hydrogen-bond donors (Lipinski definition) is 2. The maximum atomic E-state index is 13.5. The number of benzene rings is 1. The van der Waals surface area contributed by atoms with Crippen LogP contribution in [0.15, 0.2) is 30.6 Å². The first kappa shape index (κ1) is 31.3. The van der Waals surface area contributed by atoms with Gasteiger partial charge in [0.2, 0.25) is 0 Å².